The molecule has 20 heavy (non-hydrogen) atoms. The van der Waals surface area contributed by atoms with Crippen LogP contribution in [0.4, 0.5) is 0 Å². The van der Waals surface area contributed by atoms with Crippen molar-refractivity contribution in [3.63, 3.8) is 0 Å². The molecule has 0 aromatic carbocycles. The van der Waals surface area contributed by atoms with Crippen LogP contribution in [-0.4, -0.2) is 49.0 Å². The van der Waals surface area contributed by atoms with E-state index in [-0.39, 0.29) is 11.4 Å². The molecule has 0 spiro atoms. The van der Waals surface area contributed by atoms with Gasteiger partial charge in [-0.05, 0) is 27.7 Å². The largest absolute Gasteiger partial charge is 0.383 e. The number of nitrogens with one attached hydrogen (secondary N) is 2. The summed E-state index contributed by atoms with van der Waals surface area (Å²) >= 11 is 0. The van der Waals surface area contributed by atoms with Gasteiger partial charge in [0, 0.05) is 32.4 Å². The molecule has 0 bridgehead atoms. The van der Waals surface area contributed by atoms with Crippen LogP contribution in [0.15, 0.2) is 6.20 Å². The summed E-state index contributed by atoms with van der Waals surface area (Å²) in [6.07, 6.45) is 1.63. The van der Waals surface area contributed by atoms with E-state index in [2.05, 4.69) is 36.5 Å². The Morgan fingerprint density at radius 3 is 2.60 bits per heavy atom. The second-order valence-corrected chi connectivity index (χ2v) is 5.72. The molecule has 6 nitrogen and oxygen atoms in total. The standard InChI is InChI=1S/C14H26N4O2/c1-11-12(10-17-18(11)14(2,3)4)13(19)16-7-6-15-8-9-20-5/h10,15H,6-9H2,1-5H3,(H,16,19). The highest BCUT2D eigenvalue weighted by Crippen LogP contribution is 2.17. The number of rotatable bonds is 7. The Kier molecular flexibility index (Phi) is 6.16. The van der Waals surface area contributed by atoms with Gasteiger partial charge in [0.1, 0.15) is 0 Å². The monoisotopic (exact) mass is 282 g/mol. The second-order valence-electron chi connectivity index (χ2n) is 5.72. The van der Waals surface area contributed by atoms with Crippen molar-refractivity contribution in [1.82, 2.24) is 20.4 Å². The summed E-state index contributed by atoms with van der Waals surface area (Å²) in [4.78, 5) is 12.1. The Morgan fingerprint density at radius 1 is 1.35 bits per heavy atom. The van der Waals surface area contributed by atoms with E-state index < -0.39 is 0 Å². The molecule has 2 N–H and O–H groups in total. The van der Waals surface area contributed by atoms with Crippen molar-refractivity contribution < 1.29 is 9.53 Å². The van der Waals surface area contributed by atoms with Crippen LogP contribution in [0.1, 0.15) is 36.8 Å². The van der Waals surface area contributed by atoms with Crippen molar-refractivity contribution in [1.29, 1.82) is 0 Å². The SMILES string of the molecule is COCCNCCNC(=O)c1cnn(C(C)(C)C)c1C. The van der Waals surface area contributed by atoms with E-state index in [4.69, 9.17) is 4.74 Å². The number of ether oxygens (including phenoxy) is 1. The minimum absolute atomic E-state index is 0.0773. The van der Waals surface area contributed by atoms with Crippen LogP contribution in [0.3, 0.4) is 0 Å². The lowest BCUT2D eigenvalue weighted by Crippen LogP contribution is -2.33. The quantitative estimate of drug-likeness (QED) is 0.730. The van der Waals surface area contributed by atoms with Crippen LogP contribution in [0, 0.1) is 6.92 Å². The summed E-state index contributed by atoms with van der Waals surface area (Å²) in [6.45, 7) is 10.9. The molecule has 0 aliphatic carbocycles. The maximum Gasteiger partial charge on any atom is 0.254 e. The Morgan fingerprint density at radius 2 is 2.05 bits per heavy atom. The summed E-state index contributed by atoms with van der Waals surface area (Å²) < 4.78 is 6.80. The van der Waals surface area contributed by atoms with Crippen LogP contribution in [0.2, 0.25) is 0 Å². The van der Waals surface area contributed by atoms with Crippen molar-refractivity contribution in [2.45, 2.75) is 33.2 Å². The zero-order valence-electron chi connectivity index (χ0n) is 13.1. The van der Waals surface area contributed by atoms with Crippen molar-refractivity contribution in [3.8, 4) is 0 Å². The van der Waals surface area contributed by atoms with Crippen LogP contribution >= 0.6 is 0 Å². The minimum Gasteiger partial charge on any atom is -0.383 e. The molecular weight excluding hydrogens is 256 g/mol. The van der Waals surface area contributed by atoms with E-state index in [0.29, 0.717) is 18.7 Å². The van der Waals surface area contributed by atoms with E-state index in [9.17, 15) is 4.79 Å². The first kappa shape index (κ1) is 16.7. The molecule has 0 saturated carbocycles. The maximum atomic E-state index is 12.1. The zero-order valence-corrected chi connectivity index (χ0v) is 13.1. The molecule has 1 rings (SSSR count). The number of carbonyl (C=O) groups is 1. The van der Waals surface area contributed by atoms with Crippen molar-refractivity contribution in [3.05, 3.63) is 17.5 Å². The Bertz CT molecular complexity index is 435. The topological polar surface area (TPSA) is 68.2 Å². The molecule has 0 fully saturated rings. The van der Waals surface area contributed by atoms with E-state index >= 15 is 0 Å². The average Bonchev–Trinajstić information content (AvgIpc) is 2.75. The fourth-order valence-electron chi connectivity index (χ4n) is 1.97. The van der Waals surface area contributed by atoms with Crippen molar-refractivity contribution in [2.24, 2.45) is 0 Å². The van der Waals surface area contributed by atoms with Crippen LogP contribution in [0.25, 0.3) is 0 Å². The maximum absolute atomic E-state index is 12.1. The molecular formula is C14H26N4O2. The summed E-state index contributed by atoms with van der Waals surface area (Å²) in [5.41, 5.74) is 1.41. The van der Waals surface area contributed by atoms with Gasteiger partial charge in [-0.2, -0.15) is 5.10 Å². The van der Waals surface area contributed by atoms with Crippen LogP contribution < -0.4 is 10.6 Å². The highest BCUT2D eigenvalue weighted by Gasteiger charge is 2.21. The lowest BCUT2D eigenvalue weighted by atomic mass is 10.1. The molecule has 0 radical (unpaired) electrons. The predicted octanol–water partition coefficient (Wildman–Crippen LogP) is 0.912. The third-order valence-electron chi connectivity index (χ3n) is 2.96. The molecule has 1 aromatic heterocycles. The average molecular weight is 282 g/mol. The normalized spacial score (nSPS) is 11.7. The zero-order chi connectivity index (χ0) is 15.2. The molecule has 0 atom stereocenters. The van der Waals surface area contributed by atoms with Gasteiger partial charge in [0.2, 0.25) is 0 Å². The van der Waals surface area contributed by atoms with Crippen molar-refractivity contribution >= 4 is 5.91 Å². The van der Waals surface area contributed by atoms with Crippen LogP contribution in [-0.2, 0) is 10.3 Å². The predicted molar refractivity (Wildman–Crippen MR) is 79.0 cm³/mol. The van der Waals surface area contributed by atoms with Crippen LogP contribution in [0.5, 0.6) is 0 Å². The van der Waals surface area contributed by atoms with Gasteiger partial charge < -0.3 is 15.4 Å². The van der Waals surface area contributed by atoms with Gasteiger partial charge in [-0.25, -0.2) is 0 Å². The highest BCUT2D eigenvalue weighted by atomic mass is 16.5. The Balaban J connectivity index is 2.47. The molecule has 1 heterocycles. The van der Waals surface area contributed by atoms with E-state index in [1.54, 1.807) is 13.3 Å². The molecule has 114 valence electrons. The molecule has 0 aliphatic heterocycles. The van der Waals surface area contributed by atoms with E-state index in [0.717, 1.165) is 18.8 Å². The van der Waals surface area contributed by atoms with Gasteiger partial charge in [-0.1, -0.05) is 0 Å². The Hall–Kier alpha value is -1.40. The van der Waals surface area contributed by atoms with Gasteiger partial charge in [0.25, 0.3) is 5.91 Å². The van der Waals surface area contributed by atoms with Gasteiger partial charge in [0.15, 0.2) is 0 Å². The lowest BCUT2D eigenvalue weighted by molar-refractivity contribution is 0.0953. The fraction of sp³-hybridized carbons (Fsp3) is 0.714. The van der Waals surface area contributed by atoms with Gasteiger partial charge in [0.05, 0.1) is 23.9 Å². The van der Waals surface area contributed by atoms with E-state index in [1.165, 1.54) is 0 Å². The summed E-state index contributed by atoms with van der Waals surface area (Å²) in [5, 5.41) is 10.4. The fourth-order valence-corrected chi connectivity index (χ4v) is 1.97. The first-order valence-corrected chi connectivity index (χ1v) is 6.91. The number of methoxy groups -OCH3 is 1. The van der Waals surface area contributed by atoms with E-state index in [1.807, 2.05) is 11.6 Å². The first-order chi connectivity index (χ1) is 9.38. The van der Waals surface area contributed by atoms with Gasteiger partial charge in [-0.15, -0.1) is 0 Å². The molecule has 0 aliphatic rings. The Labute approximate surface area is 120 Å². The lowest BCUT2D eigenvalue weighted by Gasteiger charge is -2.21. The smallest absolute Gasteiger partial charge is 0.254 e. The number of aromatic nitrogens is 2. The molecule has 6 heteroatoms. The third-order valence-corrected chi connectivity index (χ3v) is 2.96. The number of hydrogen-bond acceptors (Lipinski definition) is 4. The summed E-state index contributed by atoms with van der Waals surface area (Å²) in [6, 6.07) is 0. The molecule has 1 aromatic rings. The first-order valence-electron chi connectivity index (χ1n) is 6.91. The van der Waals surface area contributed by atoms with Crippen molar-refractivity contribution in [2.75, 3.05) is 33.4 Å². The number of amides is 1. The second kappa shape index (κ2) is 7.40. The minimum atomic E-state index is -0.121. The number of nitrogens with zero attached hydrogens (tertiary/aromatic N) is 2. The third kappa shape index (κ3) is 4.61. The summed E-state index contributed by atoms with van der Waals surface area (Å²) in [5.74, 6) is -0.0773. The molecule has 1 amide bonds. The highest BCUT2D eigenvalue weighted by molar-refractivity contribution is 5.95. The molecule has 0 saturated heterocycles. The number of hydrogen-bond donors (Lipinski definition) is 2. The van der Waals surface area contributed by atoms with Gasteiger partial charge in [-0.3, -0.25) is 9.48 Å². The summed E-state index contributed by atoms with van der Waals surface area (Å²) in [7, 11) is 1.67. The molecule has 0 unspecified atom stereocenters. The van der Waals surface area contributed by atoms with Gasteiger partial charge >= 0.3 is 0 Å². The number of carbonyl (C=O) groups excluding carboxylic acids is 1.